The third kappa shape index (κ3) is 4.08. The third-order valence-electron chi connectivity index (χ3n) is 2.88. The summed E-state index contributed by atoms with van der Waals surface area (Å²) in [5.41, 5.74) is 1.29. The Morgan fingerprint density at radius 2 is 2.28 bits per heavy atom. The molecule has 1 unspecified atom stereocenters. The first-order valence-electron chi connectivity index (χ1n) is 6.48. The Labute approximate surface area is 108 Å². The van der Waals surface area contributed by atoms with Crippen molar-refractivity contribution in [2.24, 2.45) is 0 Å². The van der Waals surface area contributed by atoms with E-state index in [1.807, 2.05) is 12.5 Å². The lowest BCUT2D eigenvalue weighted by atomic mass is 10.1. The molecule has 5 heteroatoms. The van der Waals surface area contributed by atoms with Gasteiger partial charge < -0.3 is 19.4 Å². The first kappa shape index (κ1) is 13.5. The van der Waals surface area contributed by atoms with Crippen molar-refractivity contribution in [1.29, 1.82) is 0 Å². The van der Waals surface area contributed by atoms with Gasteiger partial charge in [-0.3, -0.25) is 0 Å². The molecule has 0 saturated carbocycles. The van der Waals surface area contributed by atoms with E-state index in [9.17, 15) is 0 Å². The van der Waals surface area contributed by atoms with Crippen LogP contribution >= 0.6 is 0 Å². The summed E-state index contributed by atoms with van der Waals surface area (Å²) in [4.78, 5) is 4.21. The average molecular weight is 253 g/mol. The molecule has 1 atom stereocenters. The van der Waals surface area contributed by atoms with E-state index in [0.29, 0.717) is 19.8 Å². The molecule has 1 aliphatic heterocycles. The zero-order chi connectivity index (χ0) is 13.0. The minimum absolute atomic E-state index is 0.111. The molecule has 1 aliphatic rings. The van der Waals surface area contributed by atoms with Gasteiger partial charge in [-0.1, -0.05) is 0 Å². The van der Waals surface area contributed by atoms with Crippen LogP contribution in [0.2, 0.25) is 0 Å². The van der Waals surface area contributed by atoms with E-state index in [4.69, 9.17) is 9.47 Å². The summed E-state index contributed by atoms with van der Waals surface area (Å²) in [6, 6.07) is 0. The second-order valence-corrected chi connectivity index (χ2v) is 5.71. The summed E-state index contributed by atoms with van der Waals surface area (Å²) >= 11 is 0. The minimum Gasteiger partial charge on any atom is -0.376 e. The van der Waals surface area contributed by atoms with E-state index in [2.05, 4.69) is 35.6 Å². The molecule has 2 heterocycles. The SMILES string of the molecule is CC(C)(C)NCc1cncn1CC1COCCO1. The van der Waals surface area contributed by atoms with Crippen LogP contribution in [0.4, 0.5) is 0 Å². The molecule has 102 valence electrons. The van der Waals surface area contributed by atoms with Crippen LogP contribution in [0.25, 0.3) is 0 Å². The monoisotopic (exact) mass is 253 g/mol. The van der Waals surface area contributed by atoms with Gasteiger partial charge >= 0.3 is 0 Å². The Hall–Kier alpha value is -0.910. The van der Waals surface area contributed by atoms with Gasteiger partial charge in [0.05, 0.1) is 44.5 Å². The van der Waals surface area contributed by atoms with Gasteiger partial charge in [0.2, 0.25) is 0 Å². The Morgan fingerprint density at radius 1 is 1.44 bits per heavy atom. The zero-order valence-electron chi connectivity index (χ0n) is 11.5. The summed E-state index contributed by atoms with van der Waals surface area (Å²) in [6.45, 7) is 10.2. The molecule has 5 nitrogen and oxygen atoms in total. The lowest BCUT2D eigenvalue weighted by Crippen LogP contribution is -2.36. The molecule has 1 N–H and O–H groups in total. The molecular weight excluding hydrogens is 230 g/mol. The number of hydrogen-bond acceptors (Lipinski definition) is 4. The third-order valence-corrected chi connectivity index (χ3v) is 2.88. The van der Waals surface area contributed by atoms with E-state index in [0.717, 1.165) is 13.1 Å². The highest BCUT2D eigenvalue weighted by Gasteiger charge is 2.17. The van der Waals surface area contributed by atoms with Gasteiger partial charge in [0.15, 0.2) is 0 Å². The molecule has 18 heavy (non-hydrogen) atoms. The van der Waals surface area contributed by atoms with E-state index < -0.39 is 0 Å². The molecule has 0 aromatic carbocycles. The number of nitrogens with one attached hydrogen (secondary N) is 1. The highest BCUT2D eigenvalue weighted by Crippen LogP contribution is 2.08. The number of rotatable bonds is 4. The Balaban J connectivity index is 1.90. The lowest BCUT2D eigenvalue weighted by Gasteiger charge is -2.25. The van der Waals surface area contributed by atoms with Crippen LogP contribution in [0.1, 0.15) is 26.5 Å². The molecule has 0 bridgehead atoms. The van der Waals surface area contributed by atoms with E-state index in [1.165, 1.54) is 5.69 Å². The fraction of sp³-hybridized carbons (Fsp3) is 0.769. The topological polar surface area (TPSA) is 48.3 Å². The maximum absolute atomic E-state index is 5.66. The van der Waals surface area contributed by atoms with Crippen molar-refractivity contribution in [2.75, 3.05) is 19.8 Å². The summed E-state index contributed by atoms with van der Waals surface area (Å²) in [5, 5.41) is 3.47. The molecule has 1 aromatic heterocycles. The Kier molecular flexibility index (Phi) is 4.37. The largest absolute Gasteiger partial charge is 0.376 e. The molecule has 0 aliphatic carbocycles. The van der Waals surface area contributed by atoms with Crippen molar-refractivity contribution < 1.29 is 9.47 Å². The second-order valence-electron chi connectivity index (χ2n) is 5.71. The normalized spacial score (nSPS) is 21.2. The van der Waals surface area contributed by atoms with E-state index in [-0.39, 0.29) is 11.6 Å². The number of hydrogen-bond donors (Lipinski definition) is 1. The predicted molar refractivity (Wildman–Crippen MR) is 69.4 cm³/mol. The van der Waals surface area contributed by atoms with Crippen molar-refractivity contribution in [3.8, 4) is 0 Å². The van der Waals surface area contributed by atoms with Gasteiger partial charge in [-0.2, -0.15) is 0 Å². The summed E-state index contributed by atoms with van der Waals surface area (Å²) in [5.74, 6) is 0. The fourth-order valence-corrected chi connectivity index (χ4v) is 1.88. The number of aromatic nitrogens is 2. The summed E-state index contributed by atoms with van der Waals surface area (Å²) < 4.78 is 13.2. The van der Waals surface area contributed by atoms with Crippen molar-refractivity contribution >= 4 is 0 Å². The molecule has 1 aromatic rings. The van der Waals surface area contributed by atoms with Crippen LogP contribution in [-0.2, 0) is 22.6 Å². The molecular formula is C13H23N3O2. The summed E-state index contributed by atoms with van der Waals surface area (Å²) in [7, 11) is 0. The second kappa shape index (κ2) is 5.82. The van der Waals surface area contributed by atoms with E-state index >= 15 is 0 Å². The maximum atomic E-state index is 5.66. The van der Waals surface area contributed by atoms with E-state index in [1.54, 1.807) is 0 Å². The fourth-order valence-electron chi connectivity index (χ4n) is 1.88. The smallest absolute Gasteiger partial charge is 0.0988 e. The number of nitrogens with zero attached hydrogens (tertiary/aromatic N) is 2. The molecule has 0 radical (unpaired) electrons. The van der Waals surface area contributed by atoms with Crippen molar-refractivity contribution in [3.05, 3.63) is 18.2 Å². The van der Waals surface area contributed by atoms with Crippen LogP contribution in [0.15, 0.2) is 12.5 Å². The molecule has 1 fully saturated rings. The number of ether oxygens (including phenoxy) is 2. The van der Waals surface area contributed by atoms with Crippen LogP contribution < -0.4 is 5.32 Å². The molecule has 0 amide bonds. The first-order valence-corrected chi connectivity index (χ1v) is 6.48. The van der Waals surface area contributed by atoms with Crippen molar-refractivity contribution in [2.45, 2.75) is 45.5 Å². The van der Waals surface area contributed by atoms with Crippen molar-refractivity contribution in [1.82, 2.24) is 14.9 Å². The van der Waals surface area contributed by atoms with Crippen LogP contribution in [0.3, 0.4) is 0 Å². The Morgan fingerprint density at radius 3 is 2.94 bits per heavy atom. The Bertz CT molecular complexity index is 365. The standard InChI is InChI=1S/C13H23N3O2/c1-13(2,3)15-7-11-6-14-10-16(11)8-12-9-17-4-5-18-12/h6,10,12,15H,4-5,7-9H2,1-3H3. The molecule has 0 spiro atoms. The highest BCUT2D eigenvalue weighted by atomic mass is 16.6. The zero-order valence-corrected chi connectivity index (χ0v) is 11.5. The van der Waals surface area contributed by atoms with Gasteiger partial charge in [0, 0.05) is 18.3 Å². The van der Waals surface area contributed by atoms with Crippen molar-refractivity contribution in [3.63, 3.8) is 0 Å². The van der Waals surface area contributed by atoms with Gasteiger partial charge in [-0.05, 0) is 20.8 Å². The highest BCUT2D eigenvalue weighted by molar-refractivity contribution is 4.99. The van der Waals surface area contributed by atoms with Gasteiger partial charge in [0.1, 0.15) is 0 Å². The van der Waals surface area contributed by atoms with Gasteiger partial charge in [-0.15, -0.1) is 0 Å². The summed E-state index contributed by atoms with van der Waals surface area (Å²) in [6.07, 6.45) is 3.90. The first-order chi connectivity index (χ1) is 8.54. The van der Waals surface area contributed by atoms with Crippen LogP contribution in [0, 0.1) is 0 Å². The quantitative estimate of drug-likeness (QED) is 0.875. The number of imidazole rings is 1. The predicted octanol–water partition coefficient (Wildman–Crippen LogP) is 1.19. The van der Waals surface area contributed by atoms with Crippen LogP contribution in [0.5, 0.6) is 0 Å². The van der Waals surface area contributed by atoms with Gasteiger partial charge in [-0.25, -0.2) is 4.98 Å². The van der Waals surface area contributed by atoms with Gasteiger partial charge in [0.25, 0.3) is 0 Å². The lowest BCUT2D eigenvalue weighted by molar-refractivity contribution is -0.0938. The molecule has 2 rings (SSSR count). The minimum atomic E-state index is 0.111. The van der Waals surface area contributed by atoms with Crippen LogP contribution in [-0.4, -0.2) is 41.0 Å². The maximum Gasteiger partial charge on any atom is 0.0988 e. The molecule has 1 saturated heterocycles. The average Bonchev–Trinajstić information content (AvgIpc) is 2.74.